The van der Waals surface area contributed by atoms with E-state index < -0.39 is 0 Å². The van der Waals surface area contributed by atoms with Crippen molar-refractivity contribution in [3.8, 4) is 0 Å². The summed E-state index contributed by atoms with van der Waals surface area (Å²) in [6, 6.07) is 9.77. The van der Waals surface area contributed by atoms with Gasteiger partial charge in [-0.05, 0) is 37.1 Å². The second-order valence-corrected chi connectivity index (χ2v) is 6.98. The topological polar surface area (TPSA) is 50.6 Å². The fourth-order valence-corrected chi connectivity index (χ4v) is 3.94. The van der Waals surface area contributed by atoms with Crippen LogP contribution in [0.5, 0.6) is 0 Å². The highest BCUT2D eigenvalue weighted by molar-refractivity contribution is 5.92. The summed E-state index contributed by atoms with van der Waals surface area (Å²) in [5.41, 5.74) is 0.434. The Morgan fingerprint density at radius 2 is 2.12 bits per heavy atom. The van der Waals surface area contributed by atoms with Crippen LogP contribution in [0.1, 0.15) is 23.3 Å². The molecule has 2 aliphatic heterocycles. The van der Waals surface area contributed by atoms with Crippen LogP contribution in [0.4, 0.5) is 5.82 Å². The molecule has 1 unspecified atom stereocenters. The summed E-state index contributed by atoms with van der Waals surface area (Å²) in [4.78, 5) is 21.6. The van der Waals surface area contributed by atoms with Gasteiger partial charge < -0.3 is 19.1 Å². The Hall–Kier alpha value is -2.34. The standard InChI is InChI=1S/C19H24N4O2/c1-21-10-4-6-16(21)18(24)23-12-13-25-19(15-23)8-5-11-22(14-19)17-7-2-3-9-20-17/h2-4,6-7,9-10H,5,8,11-15H2,1H3. The van der Waals surface area contributed by atoms with Crippen molar-refractivity contribution in [2.45, 2.75) is 18.4 Å². The summed E-state index contributed by atoms with van der Waals surface area (Å²) < 4.78 is 8.10. The van der Waals surface area contributed by atoms with Gasteiger partial charge in [-0.2, -0.15) is 0 Å². The minimum Gasteiger partial charge on any atom is -0.369 e. The quantitative estimate of drug-likeness (QED) is 0.838. The van der Waals surface area contributed by atoms with Crippen molar-refractivity contribution < 1.29 is 9.53 Å². The van der Waals surface area contributed by atoms with Crippen molar-refractivity contribution in [3.05, 3.63) is 48.4 Å². The molecular formula is C19H24N4O2. The zero-order valence-electron chi connectivity index (χ0n) is 14.6. The predicted octanol–water partition coefficient (Wildman–Crippen LogP) is 1.93. The smallest absolute Gasteiger partial charge is 0.270 e. The molecule has 2 aromatic rings. The number of piperidine rings is 1. The summed E-state index contributed by atoms with van der Waals surface area (Å²) in [5.74, 6) is 1.07. The molecule has 0 saturated carbocycles. The lowest BCUT2D eigenvalue weighted by Crippen LogP contribution is -2.61. The van der Waals surface area contributed by atoms with Crippen molar-refractivity contribution in [1.82, 2.24) is 14.5 Å². The van der Waals surface area contributed by atoms with Crippen LogP contribution in [0.3, 0.4) is 0 Å². The number of hydrogen-bond acceptors (Lipinski definition) is 4. The molecule has 2 fully saturated rings. The molecule has 25 heavy (non-hydrogen) atoms. The van der Waals surface area contributed by atoms with E-state index in [1.54, 1.807) is 0 Å². The average molecular weight is 340 g/mol. The minimum atomic E-state index is -0.297. The van der Waals surface area contributed by atoms with Crippen LogP contribution >= 0.6 is 0 Å². The number of morpholine rings is 1. The number of aryl methyl sites for hydroxylation is 1. The first-order chi connectivity index (χ1) is 12.2. The molecule has 0 bridgehead atoms. The van der Waals surface area contributed by atoms with E-state index in [4.69, 9.17) is 4.74 Å². The van der Waals surface area contributed by atoms with Crippen LogP contribution in [0.15, 0.2) is 42.7 Å². The Morgan fingerprint density at radius 1 is 1.20 bits per heavy atom. The minimum absolute atomic E-state index is 0.0881. The second kappa shape index (κ2) is 6.52. The van der Waals surface area contributed by atoms with E-state index in [1.807, 2.05) is 59.2 Å². The normalized spacial score (nSPS) is 23.9. The number of hydrogen-bond donors (Lipinski definition) is 0. The number of nitrogens with zero attached hydrogens (tertiary/aromatic N) is 4. The number of ether oxygens (including phenoxy) is 1. The zero-order chi connectivity index (χ0) is 17.3. The van der Waals surface area contributed by atoms with E-state index >= 15 is 0 Å². The van der Waals surface area contributed by atoms with Gasteiger partial charge in [0, 0.05) is 32.5 Å². The lowest BCUT2D eigenvalue weighted by atomic mass is 9.90. The van der Waals surface area contributed by atoms with Crippen molar-refractivity contribution in [2.75, 3.05) is 37.7 Å². The SMILES string of the molecule is Cn1cccc1C(=O)N1CCOC2(CCCN(c3ccccn3)C2)C1. The number of amides is 1. The highest BCUT2D eigenvalue weighted by Gasteiger charge is 2.42. The van der Waals surface area contributed by atoms with Gasteiger partial charge in [-0.3, -0.25) is 4.79 Å². The average Bonchev–Trinajstić information content (AvgIpc) is 3.08. The third-order valence-corrected chi connectivity index (χ3v) is 5.21. The maximum Gasteiger partial charge on any atom is 0.270 e. The molecule has 2 aromatic heterocycles. The van der Waals surface area contributed by atoms with Crippen LogP contribution in [0.2, 0.25) is 0 Å². The van der Waals surface area contributed by atoms with Gasteiger partial charge in [0.25, 0.3) is 5.91 Å². The Labute approximate surface area is 148 Å². The molecule has 1 amide bonds. The van der Waals surface area contributed by atoms with Gasteiger partial charge in [0.1, 0.15) is 17.1 Å². The highest BCUT2D eigenvalue weighted by Crippen LogP contribution is 2.31. The summed E-state index contributed by atoms with van der Waals surface area (Å²) in [7, 11) is 1.91. The van der Waals surface area contributed by atoms with Crippen molar-refractivity contribution in [2.24, 2.45) is 7.05 Å². The largest absolute Gasteiger partial charge is 0.369 e. The molecule has 0 radical (unpaired) electrons. The van der Waals surface area contributed by atoms with Gasteiger partial charge in [0.2, 0.25) is 0 Å². The van der Waals surface area contributed by atoms with E-state index in [9.17, 15) is 4.79 Å². The van der Waals surface area contributed by atoms with Crippen molar-refractivity contribution in [3.63, 3.8) is 0 Å². The lowest BCUT2D eigenvalue weighted by Gasteiger charge is -2.48. The molecule has 6 heteroatoms. The molecule has 4 rings (SSSR count). The molecule has 0 N–H and O–H groups in total. The zero-order valence-corrected chi connectivity index (χ0v) is 14.6. The number of aromatic nitrogens is 2. The molecule has 2 saturated heterocycles. The molecule has 0 aliphatic carbocycles. The van der Waals surface area contributed by atoms with Gasteiger partial charge in [0.15, 0.2) is 0 Å². The lowest BCUT2D eigenvalue weighted by molar-refractivity contribution is -0.105. The Kier molecular flexibility index (Phi) is 4.21. The van der Waals surface area contributed by atoms with Crippen LogP contribution in [0, 0.1) is 0 Å². The highest BCUT2D eigenvalue weighted by atomic mass is 16.5. The van der Waals surface area contributed by atoms with Crippen LogP contribution in [-0.4, -0.2) is 58.7 Å². The molecule has 2 aliphatic rings. The second-order valence-electron chi connectivity index (χ2n) is 6.98. The fourth-order valence-electron chi connectivity index (χ4n) is 3.94. The van der Waals surface area contributed by atoms with E-state index in [-0.39, 0.29) is 11.5 Å². The van der Waals surface area contributed by atoms with E-state index in [0.717, 1.165) is 37.4 Å². The first-order valence-electron chi connectivity index (χ1n) is 8.87. The van der Waals surface area contributed by atoms with Gasteiger partial charge in [-0.25, -0.2) is 4.98 Å². The third kappa shape index (κ3) is 3.14. The van der Waals surface area contributed by atoms with Crippen LogP contribution < -0.4 is 4.90 Å². The van der Waals surface area contributed by atoms with Gasteiger partial charge in [-0.15, -0.1) is 0 Å². The summed E-state index contributed by atoms with van der Waals surface area (Å²) >= 11 is 0. The number of pyridine rings is 1. The van der Waals surface area contributed by atoms with Gasteiger partial charge in [-0.1, -0.05) is 6.07 Å². The number of carbonyl (C=O) groups excluding carboxylic acids is 1. The van der Waals surface area contributed by atoms with Crippen LogP contribution in [-0.2, 0) is 11.8 Å². The Bertz CT molecular complexity index is 741. The maximum absolute atomic E-state index is 12.9. The summed E-state index contributed by atoms with van der Waals surface area (Å²) in [6.45, 7) is 3.64. The maximum atomic E-state index is 12.9. The molecular weight excluding hydrogens is 316 g/mol. The Morgan fingerprint density at radius 3 is 2.88 bits per heavy atom. The van der Waals surface area contributed by atoms with Crippen molar-refractivity contribution in [1.29, 1.82) is 0 Å². The number of anilines is 1. The first-order valence-corrected chi connectivity index (χ1v) is 8.87. The van der Waals surface area contributed by atoms with E-state index in [0.29, 0.717) is 19.7 Å². The molecule has 132 valence electrons. The van der Waals surface area contributed by atoms with Gasteiger partial charge in [0.05, 0.1) is 19.7 Å². The summed E-state index contributed by atoms with van der Waals surface area (Å²) in [5, 5.41) is 0. The third-order valence-electron chi connectivity index (χ3n) is 5.21. The number of carbonyl (C=O) groups is 1. The summed E-state index contributed by atoms with van der Waals surface area (Å²) in [6.07, 6.45) is 5.76. The first kappa shape index (κ1) is 16.1. The monoisotopic (exact) mass is 340 g/mol. The molecule has 4 heterocycles. The predicted molar refractivity (Wildman–Crippen MR) is 95.7 cm³/mol. The van der Waals surface area contributed by atoms with Crippen molar-refractivity contribution >= 4 is 11.7 Å². The fraction of sp³-hybridized carbons (Fsp3) is 0.474. The molecule has 0 aromatic carbocycles. The number of rotatable bonds is 2. The van der Waals surface area contributed by atoms with E-state index in [2.05, 4.69) is 9.88 Å². The van der Waals surface area contributed by atoms with Crippen LogP contribution in [0.25, 0.3) is 0 Å². The Balaban J connectivity index is 1.51. The molecule has 1 spiro atoms. The van der Waals surface area contributed by atoms with Gasteiger partial charge >= 0.3 is 0 Å². The van der Waals surface area contributed by atoms with E-state index in [1.165, 1.54) is 0 Å². The molecule has 1 atom stereocenters. The molecule has 6 nitrogen and oxygen atoms in total.